The fraction of sp³-hybridized carbons (Fsp3) is 0.765. The molecule has 4 heteroatoms. The fourth-order valence-electron chi connectivity index (χ4n) is 4.22. The van der Waals surface area contributed by atoms with Crippen LogP contribution in [0.1, 0.15) is 37.9 Å². The summed E-state index contributed by atoms with van der Waals surface area (Å²) in [4.78, 5) is 14.2. The third-order valence-corrected chi connectivity index (χ3v) is 5.63. The number of hydrogen-bond donors (Lipinski definition) is 0. The van der Waals surface area contributed by atoms with Gasteiger partial charge in [0.15, 0.2) is 0 Å². The third-order valence-electron chi connectivity index (χ3n) is 5.63. The van der Waals surface area contributed by atoms with Crippen molar-refractivity contribution in [1.82, 2.24) is 14.9 Å². The van der Waals surface area contributed by atoms with E-state index in [-0.39, 0.29) is 0 Å². The maximum absolute atomic E-state index is 4.64. The van der Waals surface area contributed by atoms with E-state index >= 15 is 0 Å². The number of aromatic nitrogens is 2. The van der Waals surface area contributed by atoms with Gasteiger partial charge in [-0.1, -0.05) is 6.42 Å². The van der Waals surface area contributed by atoms with E-state index in [0.717, 1.165) is 36.1 Å². The average Bonchev–Trinajstić information content (AvgIpc) is 2.74. The normalized spacial score (nSPS) is 30.2. The molecule has 0 aromatic carbocycles. The van der Waals surface area contributed by atoms with E-state index in [1.54, 1.807) is 0 Å². The molecule has 4 aliphatic rings. The maximum Gasteiger partial charge on any atom is 0.132 e. The van der Waals surface area contributed by atoms with Crippen LogP contribution in [0.5, 0.6) is 0 Å². The summed E-state index contributed by atoms with van der Waals surface area (Å²) in [5.74, 6) is 3.82. The van der Waals surface area contributed by atoms with E-state index in [9.17, 15) is 0 Å². The first-order valence-electron chi connectivity index (χ1n) is 8.56. The summed E-state index contributed by atoms with van der Waals surface area (Å²) in [5, 5.41) is 0. The van der Waals surface area contributed by atoms with Gasteiger partial charge in [-0.15, -0.1) is 0 Å². The predicted octanol–water partition coefficient (Wildman–Crippen LogP) is 2.49. The molecule has 1 aliphatic carbocycles. The predicted molar refractivity (Wildman–Crippen MR) is 84.4 cm³/mol. The van der Waals surface area contributed by atoms with Crippen molar-refractivity contribution in [2.24, 2.45) is 11.8 Å². The highest BCUT2D eigenvalue weighted by molar-refractivity contribution is 5.38. The lowest BCUT2D eigenvalue weighted by Gasteiger charge is -2.40. The molecule has 114 valence electrons. The van der Waals surface area contributed by atoms with Crippen molar-refractivity contribution < 1.29 is 0 Å². The van der Waals surface area contributed by atoms with Gasteiger partial charge in [-0.2, -0.15) is 0 Å². The number of piperidine rings is 1. The van der Waals surface area contributed by atoms with E-state index in [0.29, 0.717) is 0 Å². The van der Waals surface area contributed by atoms with Gasteiger partial charge in [0.25, 0.3) is 0 Å². The molecular formula is C17H26N4. The Bertz CT molecular complexity index is 499. The summed E-state index contributed by atoms with van der Waals surface area (Å²) in [5.41, 5.74) is 0. The van der Waals surface area contributed by atoms with Crippen LogP contribution in [-0.2, 0) is 0 Å². The number of nitrogens with zero attached hydrogens (tertiary/aromatic N) is 4. The van der Waals surface area contributed by atoms with Crippen LogP contribution in [0.3, 0.4) is 0 Å². The Morgan fingerprint density at radius 1 is 1.14 bits per heavy atom. The second-order valence-electron chi connectivity index (χ2n) is 7.22. The molecule has 4 nitrogen and oxygen atoms in total. The van der Waals surface area contributed by atoms with Crippen molar-refractivity contribution in [2.45, 2.75) is 45.1 Å². The molecule has 0 N–H and O–H groups in total. The minimum Gasteiger partial charge on any atom is -0.355 e. The summed E-state index contributed by atoms with van der Waals surface area (Å²) in [7, 11) is 0. The molecular weight excluding hydrogens is 260 g/mol. The summed E-state index contributed by atoms with van der Waals surface area (Å²) in [6.45, 7) is 6.96. The quantitative estimate of drug-likeness (QED) is 0.854. The van der Waals surface area contributed by atoms with Crippen molar-refractivity contribution in [1.29, 1.82) is 0 Å². The zero-order valence-electron chi connectivity index (χ0n) is 13.0. The zero-order valence-corrected chi connectivity index (χ0v) is 13.0. The first kappa shape index (κ1) is 13.5. The van der Waals surface area contributed by atoms with Crippen molar-refractivity contribution >= 4 is 5.82 Å². The van der Waals surface area contributed by atoms with E-state index < -0.39 is 0 Å². The van der Waals surface area contributed by atoms with Crippen LogP contribution in [0.25, 0.3) is 0 Å². The number of hydrogen-bond acceptors (Lipinski definition) is 4. The van der Waals surface area contributed by atoms with Gasteiger partial charge in [-0.25, -0.2) is 9.97 Å². The smallest absolute Gasteiger partial charge is 0.132 e. The van der Waals surface area contributed by atoms with Crippen molar-refractivity contribution in [3.05, 3.63) is 18.1 Å². The summed E-state index contributed by atoms with van der Waals surface area (Å²) < 4.78 is 0. The average molecular weight is 286 g/mol. The van der Waals surface area contributed by atoms with Crippen LogP contribution >= 0.6 is 0 Å². The van der Waals surface area contributed by atoms with Crippen LogP contribution in [-0.4, -0.2) is 47.1 Å². The summed E-state index contributed by atoms with van der Waals surface area (Å²) >= 11 is 0. The van der Waals surface area contributed by atoms with Gasteiger partial charge < -0.3 is 4.90 Å². The Kier molecular flexibility index (Phi) is 3.57. The maximum atomic E-state index is 4.64. The molecule has 3 aliphatic heterocycles. The van der Waals surface area contributed by atoms with E-state index in [4.69, 9.17) is 0 Å². The lowest BCUT2D eigenvalue weighted by atomic mass is 9.83. The van der Waals surface area contributed by atoms with E-state index in [1.165, 1.54) is 51.7 Å². The molecule has 21 heavy (non-hydrogen) atoms. The number of anilines is 1. The van der Waals surface area contributed by atoms with Crippen LogP contribution in [0.2, 0.25) is 0 Å². The van der Waals surface area contributed by atoms with E-state index in [1.807, 2.05) is 13.1 Å². The highest BCUT2D eigenvalue weighted by atomic mass is 15.3. The third kappa shape index (κ3) is 2.78. The largest absolute Gasteiger partial charge is 0.355 e. The minimum atomic E-state index is 0.736. The lowest BCUT2D eigenvalue weighted by Crippen LogP contribution is -2.47. The number of fused-ring (bicyclic) bond motifs is 4. The molecule has 5 rings (SSSR count). The Labute approximate surface area is 127 Å². The SMILES string of the molecule is Cc1nccc(N2C[C@H]3CC[C@@H](C2)N(CC2CCC2)C3)n1. The zero-order chi connectivity index (χ0) is 14.2. The van der Waals surface area contributed by atoms with Gasteiger partial charge >= 0.3 is 0 Å². The second-order valence-corrected chi connectivity index (χ2v) is 7.22. The molecule has 0 radical (unpaired) electrons. The van der Waals surface area contributed by atoms with Gasteiger partial charge in [0.05, 0.1) is 0 Å². The van der Waals surface area contributed by atoms with E-state index in [2.05, 4.69) is 25.8 Å². The van der Waals surface area contributed by atoms with Crippen molar-refractivity contribution in [2.75, 3.05) is 31.1 Å². The molecule has 0 amide bonds. The molecule has 4 fully saturated rings. The Balaban J connectivity index is 1.49. The summed E-state index contributed by atoms with van der Waals surface area (Å²) in [6.07, 6.45) is 9.05. The standard InChI is InChI=1S/C17H26N4/c1-13-18-8-7-17(19-13)21-11-15-5-6-16(12-21)20(10-15)9-14-3-2-4-14/h7-8,14-16H,2-6,9-12H2,1H3/t15-,16-/m0/s1. The molecule has 1 saturated carbocycles. The monoisotopic (exact) mass is 286 g/mol. The number of aryl methyl sites for hydroxylation is 1. The van der Waals surface area contributed by atoms with Crippen LogP contribution in [0.4, 0.5) is 5.82 Å². The molecule has 3 saturated heterocycles. The minimum absolute atomic E-state index is 0.736. The van der Waals surface area contributed by atoms with Crippen molar-refractivity contribution in [3.8, 4) is 0 Å². The Hall–Kier alpha value is -1.16. The van der Waals surface area contributed by atoms with Crippen LogP contribution in [0, 0.1) is 18.8 Å². The molecule has 2 bridgehead atoms. The topological polar surface area (TPSA) is 32.3 Å². The fourth-order valence-corrected chi connectivity index (χ4v) is 4.22. The lowest BCUT2D eigenvalue weighted by molar-refractivity contribution is 0.0917. The molecule has 1 aromatic rings. The van der Waals surface area contributed by atoms with Gasteiger partial charge in [-0.3, -0.25) is 4.90 Å². The molecule has 0 unspecified atom stereocenters. The van der Waals surface area contributed by atoms with Crippen LogP contribution in [0.15, 0.2) is 12.3 Å². The second kappa shape index (κ2) is 5.56. The highest BCUT2D eigenvalue weighted by Crippen LogP contribution is 2.34. The Morgan fingerprint density at radius 2 is 2.05 bits per heavy atom. The molecule has 1 aromatic heterocycles. The van der Waals surface area contributed by atoms with Gasteiger partial charge in [0.2, 0.25) is 0 Å². The van der Waals surface area contributed by atoms with Crippen LogP contribution < -0.4 is 4.90 Å². The molecule has 4 heterocycles. The van der Waals surface area contributed by atoms with Gasteiger partial charge in [0.1, 0.15) is 11.6 Å². The molecule has 0 spiro atoms. The highest BCUT2D eigenvalue weighted by Gasteiger charge is 2.36. The van der Waals surface area contributed by atoms with Crippen molar-refractivity contribution in [3.63, 3.8) is 0 Å². The number of rotatable bonds is 3. The first-order chi connectivity index (χ1) is 10.3. The molecule has 2 atom stereocenters. The first-order valence-corrected chi connectivity index (χ1v) is 8.56. The van der Waals surface area contributed by atoms with Gasteiger partial charge in [0, 0.05) is 38.4 Å². The Morgan fingerprint density at radius 3 is 2.81 bits per heavy atom. The summed E-state index contributed by atoms with van der Waals surface area (Å²) in [6, 6.07) is 2.81. The van der Waals surface area contributed by atoms with Gasteiger partial charge in [-0.05, 0) is 50.5 Å².